The van der Waals surface area contributed by atoms with Gasteiger partial charge in [0.2, 0.25) is 0 Å². The van der Waals surface area contributed by atoms with Gasteiger partial charge in [-0.25, -0.2) is 0 Å². The maximum atomic E-state index is 13.5. The third kappa shape index (κ3) is 2.75. The normalized spacial score (nSPS) is 32.3. The molecular weight excluding hydrogens is 376 g/mol. The van der Waals surface area contributed by atoms with Crippen molar-refractivity contribution in [1.82, 2.24) is 0 Å². The first-order valence-corrected chi connectivity index (χ1v) is 9.94. The largest absolute Gasteiger partial charge is 0.504 e. The summed E-state index contributed by atoms with van der Waals surface area (Å²) < 4.78 is 23.4. The Morgan fingerprint density at radius 3 is 2.93 bits per heavy atom. The third-order valence-electron chi connectivity index (χ3n) is 6.59. The summed E-state index contributed by atoms with van der Waals surface area (Å²) in [4.78, 5) is 13.5. The number of benzene rings is 1. The molecule has 1 saturated heterocycles. The van der Waals surface area contributed by atoms with Crippen LogP contribution in [0.1, 0.15) is 24.8 Å². The van der Waals surface area contributed by atoms with E-state index in [4.69, 9.17) is 18.9 Å². The highest BCUT2D eigenvalue weighted by Crippen LogP contribution is 2.50. The molecule has 1 aromatic carbocycles. The maximum Gasteiger partial charge on any atom is 0.173 e. The molecule has 0 radical (unpaired) electrons. The molecule has 154 valence electrons. The fourth-order valence-corrected chi connectivity index (χ4v) is 5.12. The number of ether oxygens (including phenoxy) is 4. The van der Waals surface area contributed by atoms with Crippen molar-refractivity contribution < 1.29 is 34.0 Å². The monoisotopic (exact) mass is 400 g/mol. The van der Waals surface area contributed by atoms with Crippen molar-refractivity contribution in [3.8, 4) is 17.2 Å². The second-order valence-electron chi connectivity index (χ2n) is 8.12. The van der Waals surface area contributed by atoms with Crippen LogP contribution in [0, 0.1) is 11.8 Å². The number of phenols is 1. The molecule has 1 saturated carbocycles. The lowest BCUT2D eigenvalue weighted by Crippen LogP contribution is -2.48. The zero-order chi connectivity index (χ0) is 20.3. The summed E-state index contributed by atoms with van der Waals surface area (Å²) in [6.45, 7) is 3.94. The van der Waals surface area contributed by atoms with E-state index in [1.165, 1.54) is 13.2 Å². The number of carbonyl (C=O) groups excluding carboxylic acids is 1. The molecule has 1 aromatic rings. The van der Waals surface area contributed by atoms with Crippen LogP contribution in [0.3, 0.4) is 0 Å². The molecule has 5 unspecified atom stereocenters. The Balaban J connectivity index is 1.50. The van der Waals surface area contributed by atoms with Crippen LogP contribution in [-0.2, 0) is 14.3 Å². The van der Waals surface area contributed by atoms with Crippen LogP contribution in [0.4, 0.5) is 0 Å². The molecule has 29 heavy (non-hydrogen) atoms. The SMILES string of the molecule is C=C(CO)C1CC2C(CCC3C(=O)C4=C(COc5cc(O)c(OC)cc54)OC32)O1. The number of aromatic hydroxyl groups is 1. The van der Waals surface area contributed by atoms with Crippen LogP contribution in [0.5, 0.6) is 17.2 Å². The van der Waals surface area contributed by atoms with E-state index >= 15 is 0 Å². The average Bonchev–Trinajstić information content (AvgIpc) is 3.17. The van der Waals surface area contributed by atoms with Crippen LogP contribution in [0.25, 0.3) is 5.57 Å². The van der Waals surface area contributed by atoms with Gasteiger partial charge in [0, 0.05) is 17.5 Å². The molecule has 0 spiro atoms. The van der Waals surface area contributed by atoms with Crippen LogP contribution in [-0.4, -0.2) is 54.6 Å². The quantitative estimate of drug-likeness (QED) is 0.751. The first kappa shape index (κ1) is 18.5. The Hall–Kier alpha value is -2.51. The first-order chi connectivity index (χ1) is 14.0. The molecule has 7 nitrogen and oxygen atoms in total. The molecule has 7 heteroatoms. The minimum absolute atomic E-state index is 0.00772. The molecule has 2 fully saturated rings. The summed E-state index contributed by atoms with van der Waals surface area (Å²) in [5.74, 6) is 1.12. The maximum absolute atomic E-state index is 13.5. The smallest absolute Gasteiger partial charge is 0.173 e. The van der Waals surface area contributed by atoms with Crippen molar-refractivity contribution >= 4 is 11.4 Å². The van der Waals surface area contributed by atoms with Gasteiger partial charge in [-0.2, -0.15) is 0 Å². The van der Waals surface area contributed by atoms with Gasteiger partial charge in [0.1, 0.15) is 24.2 Å². The standard InChI is InChI=1S/C22H24O7/c1-10(8-23)16-6-13-15(28-16)4-3-11-21(25)20-12-5-18(26-2)14(24)7-17(12)27-9-19(20)29-22(11)13/h5,7,11,13,15-16,22-24H,1,3-4,6,8-9H2,2H3. The van der Waals surface area contributed by atoms with Gasteiger partial charge in [-0.3, -0.25) is 4.79 Å². The van der Waals surface area contributed by atoms with Crippen LogP contribution in [0.2, 0.25) is 0 Å². The molecule has 1 aliphatic carbocycles. The molecule has 0 bridgehead atoms. The van der Waals surface area contributed by atoms with Gasteiger partial charge in [-0.1, -0.05) is 6.58 Å². The van der Waals surface area contributed by atoms with Gasteiger partial charge in [0.05, 0.1) is 37.4 Å². The average molecular weight is 400 g/mol. The van der Waals surface area contributed by atoms with Crippen molar-refractivity contribution in [3.05, 3.63) is 35.6 Å². The Morgan fingerprint density at radius 1 is 1.34 bits per heavy atom. The zero-order valence-corrected chi connectivity index (χ0v) is 16.2. The Labute approximate surface area is 168 Å². The molecule has 5 rings (SSSR count). The highest BCUT2D eigenvalue weighted by atomic mass is 16.5. The predicted octanol–water partition coefficient (Wildman–Crippen LogP) is 2.20. The predicted molar refractivity (Wildman–Crippen MR) is 103 cm³/mol. The van der Waals surface area contributed by atoms with Crippen LogP contribution < -0.4 is 9.47 Å². The first-order valence-electron chi connectivity index (χ1n) is 9.94. The van der Waals surface area contributed by atoms with E-state index in [1.54, 1.807) is 6.07 Å². The fraction of sp³-hybridized carbons (Fsp3) is 0.500. The van der Waals surface area contributed by atoms with Crippen molar-refractivity contribution in [3.63, 3.8) is 0 Å². The van der Waals surface area contributed by atoms with Crippen LogP contribution in [0.15, 0.2) is 30.0 Å². The number of aliphatic hydroxyl groups excluding tert-OH is 1. The van der Waals surface area contributed by atoms with E-state index in [9.17, 15) is 15.0 Å². The van der Waals surface area contributed by atoms with Crippen molar-refractivity contribution in [2.75, 3.05) is 20.3 Å². The van der Waals surface area contributed by atoms with Gasteiger partial charge < -0.3 is 29.2 Å². The second kappa shape index (κ2) is 6.78. The zero-order valence-electron chi connectivity index (χ0n) is 16.2. The Kier molecular flexibility index (Phi) is 4.33. The number of ketones is 1. The lowest BCUT2D eigenvalue weighted by molar-refractivity contribution is -0.132. The summed E-state index contributed by atoms with van der Waals surface area (Å²) >= 11 is 0. The number of rotatable bonds is 3. The number of fused-ring (bicyclic) bond motifs is 5. The fourth-order valence-electron chi connectivity index (χ4n) is 5.12. The third-order valence-corrected chi connectivity index (χ3v) is 6.59. The van der Waals surface area contributed by atoms with Gasteiger partial charge in [0.15, 0.2) is 17.3 Å². The minimum atomic E-state index is -0.263. The highest BCUT2D eigenvalue weighted by molar-refractivity contribution is 6.24. The number of carbonyl (C=O) groups is 1. The van der Waals surface area contributed by atoms with E-state index in [1.807, 2.05) is 0 Å². The number of aliphatic hydroxyl groups is 1. The summed E-state index contributed by atoms with van der Waals surface area (Å²) in [6, 6.07) is 3.11. The van der Waals surface area contributed by atoms with Gasteiger partial charge in [-0.15, -0.1) is 0 Å². The van der Waals surface area contributed by atoms with Gasteiger partial charge >= 0.3 is 0 Å². The van der Waals surface area contributed by atoms with Gasteiger partial charge in [0.25, 0.3) is 0 Å². The molecule has 2 N–H and O–H groups in total. The number of phenolic OH excluding ortho intramolecular Hbond substituents is 1. The summed E-state index contributed by atoms with van der Waals surface area (Å²) in [5.41, 5.74) is 1.79. The molecule has 0 aromatic heterocycles. The molecular formula is C22H24O7. The highest BCUT2D eigenvalue weighted by Gasteiger charge is 2.53. The lowest BCUT2D eigenvalue weighted by atomic mass is 9.70. The van der Waals surface area contributed by atoms with Crippen molar-refractivity contribution in [1.29, 1.82) is 0 Å². The van der Waals surface area contributed by atoms with E-state index in [-0.39, 0.29) is 60.6 Å². The van der Waals surface area contributed by atoms with Crippen molar-refractivity contribution in [2.45, 2.75) is 37.6 Å². The second-order valence-corrected chi connectivity index (χ2v) is 8.12. The minimum Gasteiger partial charge on any atom is -0.504 e. The molecule has 0 amide bonds. The van der Waals surface area contributed by atoms with Gasteiger partial charge in [-0.05, 0) is 30.9 Å². The Bertz CT molecular complexity index is 918. The number of allylic oxidation sites excluding steroid dienone is 1. The van der Waals surface area contributed by atoms with Crippen molar-refractivity contribution in [2.24, 2.45) is 11.8 Å². The molecule has 3 heterocycles. The number of methoxy groups -OCH3 is 1. The van der Waals surface area contributed by atoms with E-state index in [0.717, 1.165) is 6.42 Å². The molecule has 3 aliphatic heterocycles. The van der Waals surface area contributed by atoms with E-state index < -0.39 is 0 Å². The van der Waals surface area contributed by atoms with E-state index in [0.29, 0.717) is 41.1 Å². The summed E-state index contributed by atoms with van der Waals surface area (Å²) in [7, 11) is 1.47. The number of hydrogen-bond acceptors (Lipinski definition) is 7. The lowest BCUT2D eigenvalue weighted by Gasteiger charge is -2.43. The Morgan fingerprint density at radius 2 is 2.17 bits per heavy atom. The topological polar surface area (TPSA) is 94.5 Å². The summed E-state index contributed by atoms with van der Waals surface area (Å²) in [6.07, 6.45) is 1.71. The molecule has 4 aliphatic rings. The van der Waals surface area contributed by atoms with E-state index in [2.05, 4.69) is 6.58 Å². The van der Waals surface area contributed by atoms with Crippen LogP contribution >= 0.6 is 0 Å². The molecule has 5 atom stereocenters. The number of Topliss-reactive ketones (excluding diaryl/α,β-unsaturated/α-hetero) is 1. The number of hydrogen-bond donors (Lipinski definition) is 2. The summed E-state index contributed by atoms with van der Waals surface area (Å²) in [5, 5.41) is 19.4.